The van der Waals surface area contributed by atoms with Crippen molar-refractivity contribution in [1.82, 2.24) is 14.6 Å². The summed E-state index contributed by atoms with van der Waals surface area (Å²) in [4.78, 5) is 13.2. The van der Waals surface area contributed by atoms with E-state index in [2.05, 4.69) is 15.5 Å². The van der Waals surface area contributed by atoms with Crippen molar-refractivity contribution in [2.75, 3.05) is 5.32 Å². The van der Waals surface area contributed by atoms with Gasteiger partial charge in [-0.15, -0.1) is 10.2 Å². The molecule has 2 heterocycles. The highest BCUT2D eigenvalue weighted by molar-refractivity contribution is 8.00. The number of amides is 1. The Morgan fingerprint density at radius 2 is 1.79 bits per heavy atom. The number of anilines is 1. The number of carbonyl (C=O) groups excluding carboxylic acids is 1. The van der Waals surface area contributed by atoms with Crippen molar-refractivity contribution in [2.45, 2.75) is 24.3 Å². The van der Waals surface area contributed by atoms with E-state index in [1.54, 1.807) is 0 Å². The molecular formula is C22H20N4OS. The van der Waals surface area contributed by atoms with Crippen molar-refractivity contribution in [3.8, 4) is 0 Å². The summed E-state index contributed by atoms with van der Waals surface area (Å²) in [5.74, 6) is -0.0856. The molecule has 0 aliphatic rings. The van der Waals surface area contributed by atoms with E-state index in [9.17, 15) is 4.79 Å². The van der Waals surface area contributed by atoms with Gasteiger partial charge in [-0.25, -0.2) is 0 Å². The van der Waals surface area contributed by atoms with Crippen LogP contribution in [0.4, 0.5) is 5.69 Å². The summed E-state index contributed by atoms with van der Waals surface area (Å²) in [6.07, 6.45) is 1.91. The number of fused-ring (bicyclic) bond motifs is 1. The highest BCUT2D eigenvalue weighted by Crippen LogP contribution is 2.35. The van der Waals surface area contributed by atoms with Gasteiger partial charge < -0.3 is 5.32 Å². The molecule has 2 aromatic heterocycles. The van der Waals surface area contributed by atoms with Gasteiger partial charge in [-0.05, 0) is 48.7 Å². The maximum atomic E-state index is 13.2. The van der Waals surface area contributed by atoms with Crippen LogP contribution in [0.15, 0.2) is 78.1 Å². The minimum absolute atomic E-state index is 0.0856. The fraction of sp³-hybridized carbons (Fsp3) is 0.136. The molecule has 4 rings (SSSR count). The molecule has 0 aliphatic carbocycles. The van der Waals surface area contributed by atoms with Gasteiger partial charge in [-0.3, -0.25) is 9.20 Å². The standard InChI is InChI=1S/C22H20N4OS/c1-15-11-12-16(2)18(14-15)23-21(27)20(17-8-4-3-5-9-17)28-22-25-24-19-10-6-7-13-26(19)22/h3-14,20H,1-2H3,(H,23,27)/t20-/m1/s1. The minimum atomic E-state index is -0.450. The topological polar surface area (TPSA) is 59.3 Å². The minimum Gasteiger partial charge on any atom is -0.325 e. The molecule has 1 N–H and O–H groups in total. The van der Waals surface area contributed by atoms with Gasteiger partial charge in [-0.1, -0.05) is 60.3 Å². The SMILES string of the molecule is Cc1ccc(C)c(NC(=O)[C@H](Sc2nnc3ccccn23)c2ccccc2)c1. The van der Waals surface area contributed by atoms with E-state index >= 15 is 0 Å². The summed E-state index contributed by atoms with van der Waals surface area (Å²) in [6, 6.07) is 21.5. The average Bonchev–Trinajstić information content (AvgIpc) is 3.12. The zero-order valence-corrected chi connectivity index (χ0v) is 16.5. The lowest BCUT2D eigenvalue weighted by Gasteiger charge is -2.17. The van der Waals surface area contributed by atoms with Gasteiger partial charge in [0.05, 0.1) is 0 Å². The molecule has 2 aromatic carbocycles. The van der Waals surface area contributed by atoms with Crippen LogP contribution in [0.5, 0.6) is 0 Å². The Morgan fingerprint density at radius 1 is 1.00 bits per heavy atom. The van der Waals surface area contributed by atoms with E-state index in [1.165, 1.54) is 11.8 Å². The number of aryl methyl sites for hydroxylation is 2. The molecule has 140 valence electrons. The Balaban J connectivity index is 1.67. The molecule has 5 nitrogen and oxygen atoms in total. The Kier molecular flexibility index (Phi) is 5.12. The Morgan fingerprint density at radius 3 is 2.61 bits per heavy atom. The predicted molar refractivity (Wildman–Crippen MR) is 113 cm³/mol. The highest BCUT2D eigenvalue weighted by Gasteiger charge is 2.25. The highest BCUT2D eigenvalue weighted by atomic mass is 32.2. The van der Waals surface area contributed by atoms with Crippen molar-refractivity contribution in [2.24, 2.45) is 0 Å². The van der Waals surface area contributed by atoms with Crippen LogP contribution in [0.2, 0.25) is 0 Å². The third kappa shape index (κ3) is 3.77. The summed E-state index contributed by atoms with van der Waals surface area (Å²) in [5.41, 5.74) is 4.64. The summed E-state index contributed by atoms with van der Waals surface area (Å²) >= 11 is 1.39. The van der Waals surface area contributed by atoms with Crippen molar-refractivity contribution >= 4 is 29.0 Å². The zero-order chi connectivity index (χ0) is 19.5. The van der Waals surface area contributed by atoms with E-state index in [0.29, 0.717) is 5.16 Å². The second-order valence-electron chi connectivity index (χ2n) is 6.63. The molecule has 0 bridgehead atoms. The van der Waals surface area contributed by atoms with Crippen LogP contribution in [0.3, 0.4) is 0 Å². The van der Waals surface area contributed by atoms with Gasteiger partial charge >= 0.3 is 0 Å². The van der Waals surface area contributed by atoms with Crippen LogP contribution in [0, 0.1) is 13.8 Å². The third-order valence-corrected chi connectivity index (χ3v) is 5.71. The van der Waals surface area contributed by atoms with E-state index in [0.717, 1.165) is 28.0 Å². The van der Waals surface area contributed by atoms with Gasteiger partial charge in [-0.2, -0.15) is 0 Å². The summed E-state index contributed by atoms with van der Waals surface area (Å²) in [7, 11) is 0. The van der Waals surface area contributed by atoms with Crippen LogP contribution in [-0.2, 0) is 4.79 Å². The number of carbonyl (C=O) groups is 1. The number of aromatic nitrogens is 3. The molecule has 0 aliphatic heterocycles. The first kappa shape index (κ1) is 18.3. The van der Waals surface area contributed by atoms with E-state index in [4.69, 9.17) is 0 Å². The summed E-state index contributed by atoms with van der Waals surface area (Å²) < 4.78 is 1.89. The summed E-state index contributed by atoms with van der Waals surface area (Å²) in [6.45, 7) is 4.01. The van der Waals surface area contributed by atoms with Crippen LogP contribution in [0.25, 0.3) is 5.65 Å². The predicted octanol–water partition coefficient (Wildman–Crippen LogP) is 4.82. The molecule has 0 fully saturated rings. The van der Waals surface area contributed by atoms with Crippen molar-refractivity contribution in [3.05, 3.63) is 89.6 Å². The first-order chi connectivity index (χ1) is 13.6. The normalized spacial score (nSPS) is 12.1. The molecule has 0 spiro atoms. The lowest BCUT2D eigenvalue weighted by Crippen LogP contribution is -2.20. The number of nitrogens with one attached hydrogen (secondary N) is 1. The quantitative estimate of drug-likeness (QED) is 0.498. The smallest absolute Gasteiger partial charge is 0.242 e. The van der Waals surface area contributed by atoms with Gasteiger partial charge in [0.2, 0.25) is 5.91 Å². The monoisotopic (exact) mass is 388 g/mol. The molecule has 0 saturated heterocycles. The van der Waals surface area contributed by atoms with Crippen molar-refractivity contribution in [3.63, 3.8) is 0 Å². The van der Waals surface area contributed by atoms with Crippen molar-refractivity contribution in [1.29, 1.82) is 0 Å². The van der Waals surface area contributed by atoms with Crippen LogP contribution in [-0.4, -0.2) is 20.5 Å². The first-order valence-electron chi connectivity index (χ1n) is 9.01. The maximum Gasteiger partial charge on any atom is 0.242 e. The van der Waals surface area contributed by atoms with Crippen molar-refractivity contribution < 1.29 is 4.79 Å². The lowest BCUT2D eigenvalue weighted by molar-refractivity contribution is -0.115. The molecule has 1 atom stereocenters. The number of thioether (sulfide) groups is 1. The molecule has 0 unspecified atom stereocenters. The number of hydrogen-bond acceptors (Lipinski definition) is 4. The van der Waals surface area contributed by atoms with Gasteiger partial charge in [0.15, 0.2) is 10.8 Å². The first-order valence-corrected chi connectivity index (χ1v) is 9.89. The Hall–Kier alpha value is -3.12. The van der Waals surface area contributed by atoms with Crippen LogP contribution in [0.1, 0.15) is 21.9 Å². The molecule has 1 amide bonds. The van der Waals surface area contributed by atoms with E-state index in [1.807, 2.05) is 91.2 Å². The lowest BCUT2D eigenvalue weighted by atomic mass is 10.1. The van der Waals surface area contributed by atoms with Crippen LogP contribution >= 0.6 is 11.8 Å². The number of benzene rings is 2. The van der Waals surface area contributed by atoms with Gasteiger partial charge in [0.25, 0.3) is 0 Å². The molecule has 0 radical (unpaired) electrons. The van der Waals surface area contributed by atoms with Gasteiger partial charge in [0.1, 0.15) is 5.25 Å². The molecule has 28 heavy (non-hydrogen) atoms. The number of rotatable bonds is 5. The van der Waals surface area contributed by atoms with E-state index < -0.39 is 5.25 Å². The Labute approximate surface area is 167 Å². The van der Waals surface area contributed by atoms with Gasteiger partial charge in [0, 0.05) is 11.9 Å². The fourth-order valence-electron chi connectivity index (χ4n) is 2.97. The number of hydrogen-bond donors (Lipinski definition) is 1. The van der Waals surface area contributed by atoms with E-state index in [-0.39, 0.29) is 5.91 Å². The number of pyridine rings is 1. The molecule has 0 saturated carbocycles. The molecule has 6 heteroatoms. The second-order valence-corrected chi connectivity index (χ2v) is 7.70. The third-order valence-electron chi connectivity index (χ3n) is 4.50. The number of nitrogens with zero attached hydrogens (tertiary/aromatic N) is 3. The largest absolute Gasteiger partial charge is 0.325 e. The molecule has 4 aromatic rings. The van der Waals surface area contributed by atoms with Crippen LogP contribution < -0.4 is 5.32 Å². The zero-order valence-electron chi connectivity index (χ0n) is 15.7. The Bertz CT molecular complexity index is 1120. The second kappa shape index (κ2) is 7.86. The fourth-order valence-corrected chi connectivity index (χ4v) is 4.00. The average molecular weight is 388 g/mol. The maximum absolute atomic E-state index is 13.2. The summed E-state index contributed by atoms with van der Waals surface area (Å²) in [5, 5.41) is 11.8. The molecular weight excluding hydrogens is 368 g/mol.